The quantitative estimate of drug-likeness (QED) is 0.442. The summed E-state index contributed by atoms with van der Waals surface area (Å²) in [6, 6.07) is 13.0. The van der Waals surface area contributed by atoms with Gasteiger partial charge in [-0.15, -0.1) is 0 Å². The Kier molecular flexibility index (Phi) is 6.67. The standard InChI is InChI=1S/C23H27N3O3/c1-4-29-23(28)20-15-25-21-11-8-17(16-6-9-18(27)10-7-16)14-19(21)22(20)24-12-5-13-26(2)3/h6-11,14-15,27H,4-5,12-13H2,1-3H3,(H,24,25). The molecule has 0 atom stereocenters. The molecule has 29 heavy (non-hydrogen) atoms. The van der Waals surface area contributed by atoms with Crippen LogP contribution in [0.4, 0.5) is 5.69 Å². The molecule has 0 saturated heterocycles. The first-order valence-corrected chi connectivity index (χ1v) is 9.77. The van der Waals surface area contributed by atoms with Gasteiger partial charge in [-0.1, -0.05) is 18.2 Å². The molecule has 2 aromatic carbocycles. The molecular formula is C23H27N3O3. The number of ether oxygens (including phenoxy) is 1. The number of benzene rings is 2. The number of nitrogens with one attached hydrogen (secondary N) is 1. The van der Waals surface area contributed by atoms with Crippen LogP contribution in [0, 0.1) is 0 Å². The van der Waals surface area contributed by atoms with Gasteiger partial charge in [-0.25, -0.2) is 4.79 Å². The third-order valence-electron chi connectivity index (χ3n) is 4.65. The van der Waals surface area contributed by atoms with Crippen molar-refractivity contribution in [1.82, 2.24) is 9.88 Å². The summed E-state index contributed by atoms with van der Waals surface area (Å²) in [5.41, 5.74) is 3.94. The molecule has 0 saturated carbocycles. The van der Waals surface area contributed by atoms with Gasteiger partial charge in [-0.05, 0) is 69.4 Å². The van der Waals surface area contributed by atoms with E-state index in [9.17, 15) is 9.90 Å². The van der Waals surface area contributed by atoms with Crippen LogP contribution in [0.1, 0.15) is 23.7 Å². The third kappa shape index (κ3) is 5.03. The van der Waals surface area contributed by atoms with Crippen LogP contribution in [0.3, 0.4) is 0 Å². The number of aromatic nitrogens is 1. The second kappa shape index (κ2) is 9.39. The third-order valence-corrected chi connectivity index (χ3v) is 4.65. The second-order valence-electron chi connectivity index (χ2n) is 7.13. The lowest BCUT2D eigenvalue weighted by Crippen LogP contribution is -2.17. The zero-order valence-electron chi connectivity index (χ0n) is 17.1. The molecule has 6 heteroatoms. The summed E-state index contributed by atoms with van der Waals surface area (Å²) in [6.07, 6.45) is 2.52. The highest BCUT2D eigenvalue weighted by molar-refractivity contribution is 6.05. The zero-order chi connectivity index (χ0) is 20.8. The van der Waals surface area contributed by atoms with Crippen molar-refractivity contribution < 1.29 is 14.6 Å². The number of phenols is 1. The Balaban J connectivity index is 2.03. The van der Waals surface area contributed by atoms with Crippen molar-refractivity contribution in [2.75, 3.05) is 39.1 Å². The fourth-order valence-electron chi connectivity index (χ4n) is 3.19. The fraction of sp³-hybridized carbons (Fsp3) is 0.304. The van der Waals surface area contributed by atoms with Crippen LogP contribution >= 0.6 is 0 Å². The van der Waals surface area contributed by atoms with Gasteiger partial charge in [0, 0.05) is 18.1 Å². The first kappa shape index (κ1) is 20.6. The Morgan fingerprint density at radius 3 is 2.55 bits per heavy atom. The summed E-state index contributed by atoms with van der Waals surface area (Å²) in [5, 5.41) is 13.8. The van der Waals surface area contributed by atoms with Crippen LogP contribution in [0.25, 0.3) is 22.0 Å². The highest BCUT2D eigenvalue weighted by Gasteiger charge is 2.17. The predicted octanol–water partition coefficient (Wildman–Crippen LogP) is 4.15. The summed E-state index contributed by atoms with van der Waals surface area (Å²) in [4.78, 5) is 19.1. The van der Waals surface area contributed by atoms with Crippen molar-refractivity contribution in [3.8, 4) is 16.9 Å². The number of pyridine rings is 1. The van der Waals surface area contributed by atoms with E-state index in [-0.39, 0.29) is 11.7 Å². The summed E-state index contributed by atoms with van der Waals surface area (Å²) >= 11 is 0. The van der Waals surface area contributed by atoms with E-state index in [4.69, 9.17) is 4.74 Å². The van der Waals surface area contributed by atoms with Gasteiger partial charge < -0.3 is 20.1 Å². The van der Waals surface area contributed by atoms with Gasteiger partial charge in [-0.2, -0.15) is 0 Å². The Labute approximate surface area is 171 Å². The maximum Gasteiger partial charge on any atom is 0.341 e. The number of phenolic OH excluding ortho intramolecular Hbond substituents is 1. The fourth-order valence-corrected chi connectivity index (χ4v) is 3.19. The van der Waals surface area contributed by atoms with Crippen molar-refractivity contribution in [1.29, 1.82) is 0 Å². The van der Waals surface area contributed by atoms with Crippen molar-refractivity contribution in [3.63, 3.8) is 0 Å². The lowest BCUT2D eigenvalue weighted by Gasteiger charge is -2.16. The molecule has 3 rings (SSSR count). The summed E-state index contributed by atoms with van der Waals surface area (Å²) in [6.45, 7) is 3.78. The van der Waals surface area contributed by atoms with Gasteiger partial charge in [0.05, 0.1) is 17.8 Å². The molecule has 2 N–H and O–H groups in total. The minimum atomic E-state index is -0.382. The maximum absolute atomic E-state index is 12.5. The summed E-state index contributed by atoms with van der Waals surface area (Å²) in [7, 11) is 4.08. The van der Waals surface area contributed by atoms with Crippen molar-refractivity contribution in [2.24, 2.45) is 0 Å². The van der Waals surface area contributed by atoms with Gasteiger partial charge in [0.15, 0.2) is 0 Å². The van der Waals surface area contributed by atoms with Crippen LogP contribution < -0.4 is 5.32 Å². The molecule has 152 valence electrons. The molecule has 0 radical (unpaired) electrons. The number of carbonyl (C=O) groups excluding carboxylic acids is 1. The van der Waals surface area contributed by atoms with Gasteiger partial charge in [-0.3, -0.25) is 4.98 Å². The van der Waals surface area contributed by atoms with E-state index in [2.05, 4.69) is 15.2 Å². The number of rotatable bonds is 8. The van der Waals surface area contributed by atoms with E-state index in [1.807, 2.05) is 44.4 Å². The lowest BCUT2D eigenvalue weighted by molar-refractivity contribution is 0.0527. The van der Waals surface area contributed by atoms with Gasteiger partial charge in [0.1, 0.15) is 11.3 Å². The van der Waals surface area contributed by atoms with Crippen LogP contribution in [-0.2, 0) is 4.74 Å². The number of aromatic hydroxyl groups is 1. The van der Waals surface area contributed by atoms with Crippen molar-refractivity contribution in [3.05, 3.63) is 54.2 Å². The molecule has 1 aromatic heterocycles. The van der Waals surface area contributed by atoms with Crippen LogP contribution in [-0.4, -0.2) is 54.8 Å². The maximum atomic E-state index is 12.5. The number of esters is 1. The monoisotopic (exact) mass is 393 g/mol. The van der Waals surface area contributed by atoms with Gasteiger partial charge >= 0.3 is 5.97 Å². The Morgan fingerprint density at radius 1 is 1.14 bits per heavy atom. The minimum Gasteiger partial charge on any atom is -0.508 e. The number of hydrogen-bond acceptors (Lipinski definition) is 6. The molecule has 0 unspecified atom stereocenters. The molecule has 0 spiro atoms. The molecule has 1 heterocycles. The SMILES string of the molecule is CCOC(=O)c1cnc2ccc(-c3ccc(O)cc3)cc2c1NCCCN(C)C. The van der Waals surface area contributed by atoms with E-state index in [0.29, 0.717) is 12.2 Å². The molecule has 3 aromatic rings. The summed E-state index contributed by atoms with van der Waals surface area (Å²) < 4.78 is 5.24. The number of carbonyl (C=O) groups is 1. The highest BCUT2D eigenvalue weighted by atomic mass is 16.5. The summed E-state index contributed by atoms with van der Waals surface area (Å²) in [5.74, 6) is -0.156. The van der Waals surface area contributed by atoms with E-state index >= 15 is 0 Å². The Bertz CT molecular complexity index is 985. The largest absolute Gasteiger partial charge is 0.508 e. The lowest BCUT2D eigenvalue weighted by atomic mass is 10.0. The molecule has 0 aliphatic carbocycles. The van der Waals surface area contributed by atoms with Crippen LogP contribution in [0.15, 0.2) is 48.7 Å². The number of anilines is 1. The molecule has 0 amide bonds. The molecule has 0 aliphatic heterocycles. The van der Waals surface area contributed by atoms with Gasteiger partial charge in [0.25, 0.3) is 0 Å². The van der Waals surface area contributed by atoms with Crippen LogP contribution in [0.5, 0.6) is 5.75 Å². The highest BCUT2D eigenvalue weighted by Crippen LogP contribution is 2.31. The van der Waals surface area contributed by atoms with E-state index in [0.717, 1.165) is 47.2 Å². The van der Waals surface area contributed by atoms with Gasteiger partial charge in [0.2, 0.25) is 0 Å². The predicted molar refractivity (Wildman–Crippen MR) is 116 cm³/mol. The smallest absolute Gasteiger partial charge is 0.341 e. The number of hydrogen-bond donors (Lipinski definition) is 2. The zero-order valence-corrected chi connectivity index (χ0v) is 17.1. The first-order chi connectivity index (χ1) is 14.0. The first-order valence-electron chi connectivity index (χ1n) is 9.77. The van der Waals surface area contributed by atoms with E-state index in [1.165, 1.54) is 0 Å². The Morgan fingerprint density at radius 2 is 1.86 bits per heavy atom. The average molecular weight is 393 g/mol. The Hall–Kier alpha value is -3.12. The normalized spacial score (nSPS) is 11.0. The molecule has 0 bridgehead atoms. The average Bonchev–Trinajstić information content (AvgIpc) is 2.71. The van der Waals surface area contributed by atoms with Crippen molar-refractivity contribution in [2.45, 2.75) is 13.3 Å². The van der Waals surface area contributed by atoms with E-state index in [1.54, 1.807) is 25.3 Å². The second-order valence-corrected chi connectivity index (χ2v) is 7.13. The number of nitrogens with zero attached hydrogens (tertiary/aromatic N) is 2. The van der Waals surface area contributed by atoms with Crippen LogP contribution in [0.2, 0.25) is 0 Å². The number of fused-ring (bicyclic) bond motifs is 1. The van der Waals surface area contributed by atoms with E-state index < -0.39 is 0 Å². The molecule has 6 nitrogen and oxygen atoms in total. The molecule has 0 fully saturated rings. The topological polar surface area (TPSA) is 74.7 Å². The molecule has 0 aliphatic rings. The van der Waals surface area contributed by atoms with Crippen molar-refractivity contribution >= 4 is 22.6 Å². The molecular weight excluding hydrogens is 366 g/mol. The minimum absolute atomic E-state index is 0.226.